The van der Waals surface area contributed by atoms with E-state index in [1.165, 1.54) is 0 Å². The molecule has 1 saturated heterocycles. The van der Waals surface area contributed by atoms with E-state index < -0.39 is 0 Å². The van der Waals surface area contributed by atoms with Crippen LogP contribution in [0.5, 0.6) is 0 Å². The van der Waals surface area contributed by atoms with Crippen molar-refractivity contribution in [3.8, 4) is 0 Å². The number of hydrogen-bond acceptors (Lipinski definition) is 3. The van der Waals surface area contributed by atoms with Crippen molar-refractivity contribution in [2.24, 2.45) is 0 Å². The standard InChI is InChI=1S/C13H12N2O2S/c1-8(9-6-7-17-12(9)16)15-11-5-3-2-4-10(11)14-13(15)18/h2-5H,6-7H2,1H3,(H,14,18)/b9-8-. The number of aromatic nitrogens is 2. The number of para-hydroxylation sites is 2. The van der Waals surface area contributed by atoms with Crippen molar-refractivity contribution in [3.05, 3.63) is 34.6 Å². The van der Waals surface area contributed by atoms with Crippen LogP contribution in [0.3, 0.4) is 0 Å². The number of hydrogen-bond donors (Lipinski definition) is 1. The van der Waals surface area contributed by atoms with Crippen molar-refractivity contribution in [1.82, 2.24) is 9.55 Å². The van der Waals surface area contributed by atoms with Gasteiger partial charge in [-0.15, -0.1) is 0 Å². The maximum Gasteiger partial charge on any atom is 0.335 e. The number of cyclic esters (lactones) is 1. The molecule has 2 aromatic rings. The van der Waals surface area contributed by atoms with Crippen LogP contribution in [-0.2, 0) is 9.53 Å². The molecule has 0 saturated carbocycles. The number of aromatic amines is 1. The van der Waals surface area contributed by atoms with Gasteiger partial charge in [-0.05, 0) is 31.3 Å². The monoisotopic (exact) mass is 260 g/mol. The van der Waals surface area contributed by atoms with Crippen LogP contribution in [0.2, 0.25) is 0 Å². The summed E-state index contributed by atoms with van der Waals surface area (Å²) in [5.74, 6) is -0.236. The lowest BCUT2D eigenvalue weighted by molar-refractivity contribution is -0.135. The summed E-state index contributed by atoms with van der Waals surface area (Å²) in [7, 11) is 0. The Bertz CT molecular complexity index is 724. The number of allylic oxidation sites excluding steroid dienone is 1. The lowest BCUT2D eigenvalue weighted by Gasteiger charge is -2.06. The number of nitrogens with zero attached hydrogens (tertiary/aromatic N) is 1. The fourth-order valence-corrected chi connectivity index (χ4v) is 2.63. The highest BCUT2D eigenvalue weighted by molar-refractivity contribution is 7.71. The summed E-state index contributed by atoms with van der Waals surface area (Å²) in [6.45, 7) is 2.36. The highest BCUT2D eigenvalue weighted by Crippen LogP contribution is 2.25. The molecule has 1 N–H and O–H groups in total. The Labute approximate surface area is 109 Å². The topological polar surface area (TPSA) is 47.0 Å². The summed E-state index contributed by atoms with van der Waals surface area (Å²) < 4.78 is 7.48. The molecule has 0 amide bonds. The first-order valence-electron chi connectivity index (χ1n) is 5.75. The van der Waals surface area contributed by atoms with E-state index in [4.69, 9.17) is 17.0 Å². The van der Waals surface area contributed by atoms with E-state index in [1.54, 1.807) is 0 Å². The van der Waals surface area contributed by atoms with Gasteiger partial charge in [0.15, 0.2) is 4.77 Å². The van der Waals surface area contributed by atoms with Gasteiger partial charge in [0.05, 0.1) is 23.2 Å². The van der Waals surface area contributed by atoms with E-state index in [9.17, 15) is 4.79 Å². The van der Waals surface area contributed by atoms with Gasteiger partial charge in [0.1, 0.15) is 0 Å². The van der Waals surface area contributed by atoms with Crippen molar-refractivity contribution in [3.63, 3.8) is 0 Å². The Kier molecular flexibility index (Phi) is 2.56. The van der Waals surface area contributed by atoms with Crippen LogP contribution in [0, 0.1) is 4.77 Å². The molecule has 5 heteroatoms. The predicted octanol–water partition coefficient (Wildman–Crippen LogP) is 2.88. The number of benzene rings is 1. The minimum atomic E-state index is -0.236. The Hall–Kier alpha value is -1.88. The summed E-state index contributed by atoms with van der Waals surface area (Å²) in [5, 5.41) is 0. The average Bonchev–Trinajstić information content (AvgIpc) is 2.91. The molecule has 0 atom stereocenters. The molecule has 0 bridgehead atoms. The molecule has 0 radical (unpaired) electrons. The largest absolute Gasteiger partial charge is 0.462 e. The Morgan fingerprint density at radius 3 is 2.94 bits per heavy atom. The molecule has 0 spiro atoms. The smallest absolute Gasteiger partial charge is 0.335 e. The zero-order chi connectivity index (χ0) is 12.7. The highest BCUT2D eigenvalue weighted by atomic mass is 32.1. The second kappa shape index (κ2) is 4.10. The van der Waals surface area contributed by atoms with E-state index in [-0.39, 0.29) is 5.97 Å². The number of carbonyl (C=O) groups excluding carboxylic acids is 1. The fraction of sp³-hybridized carbons (Fsp3) is 0.231. The van der Waals surface area contributed by atoms with Crippen LogP contribution in [0.25, 0.3) is 16.7 Å². The van der Waals surface area contributed by atoms with Crippen molar-refractivity contribution in [2.75, 3.05) is 6.61 Å². The van der Waals surface area contributed by atoms with Crippen LogP contribution in [0.1, 0.15) is 13.3 Å². The molecule has 3 rings (SSSR count). The predicted molar refractivity (Wildman–Crippen MR) is 71.6 cm³/mol. The van der Waals surface area contributed by atoms with Crippen molar-refractivity contribution < 1.29 is 9.53 Å². The first kappa shape index (κ1) is 11.2. The number of H-pyrrole nitrogens is 1. The Morgan fingerprint density at radius 2 is 2.22 bits per heavy atom. The fourth-order valence-electron chi connectivity index (χ4n) is 2.29. The van der Waals surface area contributed by atoms with Gasteiger partial charge < -0.3 is 9.72 Å². The minimum absolute atomic E-state index is 0.236. The van der Waals surface area contributed by atoms with E-state index >= 15 is 0 Å². The number of nitrogens with one attached hydrogen (secondary N) is 1. The van der Waals surface area contributed by atoms with Crippen LogP contribution < -0.4 is 0 Å². The second-order valence-electron chi connectivity index (χ2n) is 4.23. The van der Waals surface area contributed by atoms with Crippen LogP contribution in [0.4, 0.5) is 0 Å². The average molecular weight is 260 g/mol. The number of rotatable bonds is 1. The first-order chi connectivity index (χ1) is 8.68. The van der Waals surface area contributed by atoms with Crippen molar-refractivity contribution in [1.29, 1.82) is 0 Å². The summed E-state index contributed by atoms with van der Waals surface area (Å²) in [4.78, 5) is 14.8. The maximum absolute atomic E-state index is 11.6. The molecular formula is C13H12N2O2S. The summed E-state index contributed by atoms with van der Waals surface area (Å²) in [5.41, 5.74) is 3.50. The zero-order valence-electron chi connectivity index (χ0n) is 9.90. The second-order valence-corrected chi connectivity index (χ2v) is 4.62. The highest BCUT2D eigenvalue weighted by Gasteiger charge is 2.23. The van der Waals surface area contributed by atoms with Gasteiger partial charge in [-0.1, -0.05) is 12.1 Å². The van der Waals surface area contributed by atoms with Gasteiger partial charge in [-0.25, -0.2) is 4.79 Å². The van der Waals surface area contributed by atoms with E-state index in [2.05, 4.69) is 4.98 Å². The third-order valence-corrected chi connectivity index (χ3v) is 3.48. The van der Waals surface area contributed by atoms with E-state index in [1.807, 2.05) is 35.8 Å². The van der Waals surface area contributed by atoms with Crippen LogP contribution in [-0.4, -0.2) is 22.1 Å². The molecule has 1 aromatic carbocycles. The van der Waals surface area contributed by atoms with Gasteiger partial charge in [-0.2, -0.15) is 0 Å². The normalized spacial score (nSPS) is 18.2. The lowest BCUT2D eigenvalue weighted by atomic mass is 10.2. The number of carbonyl (C=O) groups is 1. The third-order valence-electron chi connectivity index (χ3n) is 3.19. The quantitative estimate of drug-likeness (QED) is 0.487. The molecule has 1 aliphatic rings. The van der Waals surface area contributed by atoms with Crippen molar-refractivity contribution in [2.45, 2.75) is 13.3 Å². The molecule has 2 heterocycles. The van der Waals surface area contributed by atoms with Gasteiger partial charge >= 0.3 is 5.97 Å². The maximum atomic E-state index is 11.6. The van der Waals surface area contributed by atoms with E-state index in [0.717, 1.165) is 16.7 Å². The first-order valence-corrected chi connectivity index (χ1v) is 6.16. The SMILES string of the molecule is C/C(=C1\CCOC1=O)n1c(=S)[nH]c2ccccc21. The minimum Gasteiger partial charge on any atom is -0.462 e. The molecule has 92 valence electrons. The number of imidazole rings is 1. The lowest BCUT2D eigenvalue weighted by Crippen LogP contribution is -2.03. The van der Waals surface area contributed by atoms with Crippen molar-refractivity contribution >= 4 is 34.9 Å². The summed E-state index contributed by atoms with van der Waals surface area (Å²) >= 11 is 5.32. The number of ether oxygens (including phenoxy) is 1. The van der Waals surface area contributed by atoms with Crippen LogP contribution >= 0.6 is 12.2 Å². The number of esters is 1. The Morgan fingerprint density at radius 1 is 1.44 bits per heavy atom. The molecular weight excluding hydrogens is 248 g/mol. The molecule has 1 aromatic heterocycles. The van der Waals surface area contributed by atoms with Gasteiger partial charge in [0, 0.05) is 12.1 Å². The van der Waals surface area contributed by atoms with E-state index in [0.29, 0.717) is 23.4 Å². The molecule has 4 nitrogen and oxygen atoms in total. The molecule has 1 aliphatic heterocycles. The molecule has 0 unspecified atom stereocenters. The number of fused-ring (bicyclic) bond motifs is 1. The molecule has 0 aliphatic carbocycles. The van der Waals surface area contributed by atoms with Gasteiger partial charge in [0.2, 0.25) is 0 Å². The third kappa shape index (κ3) is 1.59. The molecule has 1 fully saturated rings. The Balaban J connectivity index is 2.29. The van der Waals surface area contributed by atoms with Gasteiger partial charge in [-0.3, -0.25) is 4.57 Å². The van der Waals surface area contributed by atoms with Crippen LogP contribution in [0.15, 0.2) is 29.8 Å². The molecule has 18 heavy (non-hydrogen) atoms. The summed E-state index contributed by atoms with van der Waals surface area (Å²) in [6.07, 6.45) is 0.645. The van der Waals surface area contributed by atoms with Gasteiger partial charge in [0.25, 0.3) is 0 Å². The summed E-state index contributed by atoms with van der Waals surface area (Å²) in [6, 6.07) is 7.84. The zero-order valence-corrected chi connectivity index (χ0v) is 10.7.